The summed E-state index contributed by atoms with van der Waals surface area (Å²) < 4.78 is 0. The molecule has 1 saturated heterocycles. The van der Waals surface area contributed by atoms with E-state index in [2.05, 4.69) is 24.1 Å². The van der Waals surface area contributed by atoms with Gasteiger partial charge in [-0.3, -0.25) is 9.59 Å². The second kappa shape index (κ2) is 12.3. The van der Waals surface area contributed by atoms with Crippen LogP contribution in [0, 0.1) is 30.1 Å². The maximum atomic E-state index is 13.1. The van der Waals surface area contributed by atoms with Crippen molar-refractivity contribution in [1.29, 1.82) is 0 Å². The van der Waals surface area contributed by atoms with Crippen LogP contribution in [0.2, 0.25) is 0 Å². The summed E-state index contributed by atoms with van der Waals surface area (Å²) in [4.78, 5) is 30.6. The fraction of sp³-hybridized carbons (Fsp3) is 0.741. The van der Waals surface area contributed by atoms with E-state index in [9.17, 15) is 14.7 Å². The number of aryl methyl sites for hydroxylation is 1. The summed E-state index contributed by atoms with van der Waals surface area (Å²) in [6.07, 6.45) is 7.10. The number of nitrogens with one attached hydrogen (secondary N) is 1. The Kier molecular flexibility index (Phi) is 10.3. The molecule has 3 unspecified atom stereocenters. The fourth-order valence-corrected chi connectivity index (χ4v) is 5.49. The molecule has 1 aliphatic rings. The van der Waals surface area contributed by atoms with E-state index < -0.39 is 11.5 Å². The van der Waals surface area contributed by atoms with Gasteiger partial charge in [0.05, 0.1) is 34.7 Å². The van der Waals surface area contributed by atoms with E-state index in [0.29, 0.717) is 11.8 Å². The zero-order valence-electron chi connectivity index (χ0n) is 21.6. The Morgan fingerprint density at radius 3 is 2.45 bits per heavy atom. The molecule has 1 aromatic heterocycles. The molecular weight excluding hydrogens is 432 g/mol. The largest absolute Gasteiger partial charge is 0.392 e. The molecule has 6 heteroatoms. The van der Waals surface area contributed by atoms with Crippen molar-refractivity contribution in [3.05, 3.63) is 21.7 Å². The maximum absolute atomic E-state index is 13.1. The zero-order chi connectivity index (χ0) is 24.8. The van der Waals surface area contributed by atoms with E-state index in [1.807, 2.05) is 32.2 Å². The van der Waals surface area contributed by atoms with Gasteiger partial charge in [0.1, 0.15) is 5.78 Å². The van der Waals surface area contributed by atoms with Gasteiger partial charge in [0, 0.05) is 11.3 Å². The smallest absolute Gasteiger partial charge is 0.223 e. The number of aromatic nitrogens is 1. The Morgan fingerprint density at radius 1 is 1.15 bits per heavy atom. The van der Waals surface area contributed by atoms with Crippen LogP contribution in [0.4, 0.5) is 0 Å². The van der Waals surface area contributed by atoms with Gasteiger partial charge in [-0.25, -0.2) is 4.98 Å². The summed E-state index contributed by atoms with van der Waals surface area (Å²) in [5, 5.41) is 17.1. The first-order chi connectivity index (χ1) is 15.4. The molecular formula is C27H44N2O3S. The van der Waals surface area contributed by atoms with Crippen molar-refractivity contribution < 1.29 is 14.7 Å². The molecule has 1 aromatic rings. The first-order valence-corrected chi connectivity index (χ1v) is 13.4. The molecule has 1 aliphatic heterocycles. The number of hydrogen-bond donors (Lipinski definition) is 2. The van der Waals surface area contributed by atoms with Gasteiger partial charge in [-0.2, -0.15) is 0 Å². The van der Waals surface area contributed by atoms with E-state index >= 15 is 0 Å². The minimum atomic E-state index is -1.01. The Hall–Kier alpha value is -1.53. The van der Waals surface area contributed by atoms with Gasteiger partial charge in [-0.1, -0.05) is 53.9 Å². The number of ketones is 1. The lowest BCUT2D eigenvalue weighted by molar-refractivity contribution is -0.139. The van der Waals surface area contributed by atoms with Gasteiger partial charge < -0.3 is 10.4 Å². The lowest BCUT2D eigenvalue weighted by Crippen LogP contribution is -2.45. The van der Waals surface area contributed by atoms with Crippen LogP contribution in [0.3, 0.4) is 0 Å². The molecule has 0 radical (unpaired) electrons. The van der Waals surface area contributed by atoms with Crippen LogP contribution < -0.4 is 5.32 Å². The van der Waals surface area contributed by atoms with Gasteiger partial charge in [0.2, 0.25) is 5.91 Å². The van der Waals surface area contributed by atoms with E-state index in [0.717, 1.165) is 54.8 Å². The highest BCUT2D eigenvalue weighted by Gasteiger charge is 2.39. The highest BCUT2D eigenvalue weighted by atomic mass is 32.1. The third-order valence-corrected chi connectivity index (χ3v) is 8.08. The van der Waals surface area contributed by atoms with E-state index in [-0.39, 0.29) is 30.1 Å². The molecule has 1 fully saturated rings. The number of carbonyl (C=O) groups excluding carboxylic acids is 2. The summed E-state index contributed by atoms with van der Waals surface area (Å²) in [5.41, 5.74) is 1.02. The quantitative estimate of drug-likeness (QED) is 0.553. The Bertz CT molecular complexity index is 829. The number of aliphatic hydroxyl groups is 1. The standard InChI is InChI=1S/C27H44N2O3S/c1-17-9-8-10-18(2)13-20(4)26(32)27(6,7)24(30)15-25(31)29-23(12-11-17)19(3)14-22-16-33-21(5)28-22/h14,16-18,20,23-24,30H,8-13,15H2,1-7H3,(H,29,31)/b19-14+/t17?,18-,20?,23-,24?/m0/s1. The number of aliphatic hydroxyl groups excluding tert-OH is 1. The third kappa shape index (κ3) is 8.32. The van der Waals surface area contributed by atoms with Gasteiger partial charge >= 0.3 is 0 Å². The first kappa shape index (κ1) is 27.7. The average Bonchev–Trinajstić information content (AvgIpc) is 3.13. The van der Waals surface area contributed by atoms with Crippen LogP contribution in [0.25, 0.3) is 6.08 Å². The minimum Gasteiger partial charge on any atom is -0.392 e. The first-order valence-electron chi connectivity index (χ1n) is 12.5. The van der Waals surface area contributed by atoms with Crippen molar-refractivity contribution >= 4 is 29.1 Å². The number of Topliss-reactive ketones (excluding diaryl/α,β-unsaturated/α-hetero) is 1. The summed E-state index contributed by atoms with van der Waals surface area (Å²) in [7, 11) is 0. The SMILES string of the molecule is C/C(=C\c1csc(C)n1)[C@@H]1CCC(C)CCC[C@H](C)CC(C)C(=O)C(C)(C)C(O)CC(=O)N1. The molecule has 2 N–H and O–H groups in total. The fourth-order valence-electron chi connectivity index (χ4n) is 4.92. The van der Waals surface area contributed by atoms with Crippen LogP contribution in [-0.2, 0) is 9.59 Å². The number of carbonyl (C=O) groups is 2. The van der Waals surface area contributed by atoms with Crippen LogP contribution in [0.15, 0.2) is 11.0 Å². The molecule has 186 valence electrons. The van der Waals surface area contributed by atoms with Crippen LogP contribution in [0.1, 0.15) is 97.2 Å². The van der Waals surface area contributed by atoms with Crippen molar-refractivity contribution in [2.75, 3.05) is 0 Å². The van der Waals surface area contributed by atoms with Crippen molar-refractivity contribution in [2.45, 2.75) is 106 Å². The number of thiazole rings is 1. The minimum absolute atomic E-state index is 0.0432. The topological polar surface area (TPSA) is 79.3 Å². The van der Waals surface area contributed by atoms with Gasteiger partial charge in [-0.05, 0) is 56.6 Å². The predicted octanol–water partition coefficient (Wildman–Crippen LogP) is 5.95. The van der Waals surface area contributed by atoms with Crippen molar-refractivity contribution in [3.63, 3.8) is 0 Å². The van der Waals surface area contributed by atoms with E-state index in [1.54, 1.807) is 25.2 Å². The average molecular weight is 477 g/mol. The monoisotopic (exact) mass is 476 g/mol. The van der Waals surface area contributed by atoms with Crippen LogP contribution in [0.5, 0.6) is 0 Å². The van der Waals surface area contributed by atoms with Gasteiger partial charge in [0.15, 0.2) is 0 Å². The van der Waals surface area contributed by atoms with Crippen LogP contribution in [-0.4, -0.2) is 33.9 Å². The lowest BCUT2D eigenvalue weighted by atomic mass is 9.74. The second-order valence-corrected chi connectivity index (χ2v) is 12.0. The molecule has 0 aromatic carbocycles. The lowest BCUT2D eigenvalue weighted by Gasteiger charge is -2.33. The molecule has 0 aliphatic carbocycles. The van der Waals surface area contributed by atoms with Crippen LogP contribution >= 0.6 is 11.3 Å². The molecule has 33 heavy (non-hydrogen) atoms. The highest BCUT2D eigenvalue weighted by molar-refractivity contribution is 7.09. The van der Waals surface area contributed by atoms with Crippen molar-refractivity contribution in [2.24, 2.45) is 23.2 Å². The maximum Gasteiger partial charge on any atom is 0.223 e. The Morgan fingerprint density at radius 2 is 1.82 bits per heavy atom. The number of hydrogen-bond acceptors (Lipinski definition) is 5. The summed E-state index contributed by atoms with van der Waals surface area (Å²) in [6.45, 7) is 14.0. The molecule has 2 rings (SSSR count). The molecule has 0 saturated carbocycles. The summed E-state index contributed by atoms with van der Waals surface area (Å²) in [5.74, 6) is 0.748. The number of rotatable bonds is 2. The Balaban J connectivity index is 2.24. The van der Waals surface area contributed by atoms with E-state index in [4.69, 9.17) is 0 Å². The number of nitrogens with zero attached hydrogens (tertiary/aromatic N) is 1. The molecule has 5 nitrogen and oxygen atoms in total. The highest BCUT2D eigenvalue weighted by Crippen LogP contribution is 2.32. The molecule has 0 spiro atoms. The summed E-state index contributed by atoms with van der Waals surface area (Å²) in [6, 6.07) is -0.112. The zero-order valence-corrected chi connectivity index (χ0v) is 22.4. The summed E-state index contributed by atoms with van der Waals surface area (Å²) >= 11 is 1.61. The third-order valence-electron chi connectivity index (χ3n) is 7.29. The second-order valence-electron chi connectivity index (χ2n) is 11.0. The van der Waals surface area contributed by atoms with Gasteiger partial charge in [0.25, 0.3) is 0 Å². The molecule has 1 amide bonds. The number of amides is 1. The normalized spacial score (nSPS) is 31.3. The van der Waals surface area contributed by atoms with Crippen molar-refractivity contribution in [1.82, 2.24) is 10.3 Å². The molecule has 0 bridgehead atoms. The molecule has 5 atom stereocenters. The molecule has 2 heterocycles. The van der Waals surface area contributed by atoms with Gasteiger partial charge in [-0.15, -0.1) is 11.3 Å². The van der Waals surface area contributed by atoms with E-state index in [1.165, 1.54) is 0 Å². The predicted molar refractivity (Wildman–Crippen MR) is 137 cm³/mol. The van der Waals surface area contributed by atoms with Crippen molar-refractivity contribution in [3.8, 4) is 0 Å². The Labute approximate surface area is 204 Å².